The van der Waals surface area contributed by atoms with Crippen molar-refractivity contribution in [3.63, 3.8) is 0 Å². The molecule has 6 nitrogen and oxygen atoms in total. The van der Waals surface area contributed by atoms with E-state index < -0.39 is 4.92 Å². The number of hydrogen-bond acceptors (Lipinski definition) is 5. The van der Waals surface area contributed by atoms with Gasteiger partial charge in [0.1, 0.15) is 6.10 Å². The molecule has 0 aliphatic heterocycles. The topological polar surface area (TPSA) is 81.5 Å². The van der Waals surface area contributed by atoms with E-state index in [1.165, 1.54) is 19.2 Å². The van der Waals surface area contributed by atoms with Crippen LogP contribution in [0.25, 0.3) is 0 Å². The number of methoxy groups -OCH3 is 1. The van der Waals surface area contributed by atoms with Crippen LogP contribution in [-0.2, 0) is 9.53 Å². The Kier molecular flexibility index (Phi) is 4.11. The standard InChI is InChI=1S/C13H16N2O4/c1-19-12-4-2-3-11(13(12)16)14-9-5-7-10(8-6-9)15(17)18/h5-8,11-12,14H,2-4H2,1H3/t11-,12+/m0/s1. The number of ether oxygens (including phenoxy) is 1. The number of anilines is 1. The summed E-state index contributed by atoms with van der Waals surface area (Å²) in [6.45, 7) is 0. The van der Waals surface area contributed by atoms with Crippen LogP contribution in [0.1, 0.15) is 19.3 Å². The molecule has 0 bridgehead atoms. The smallest absolute Gasteiger partial charge is 0.269 e. The van der Waals surface area contributed by atoms with Gasteiger partial charge in [-0.15, -0.1) is 0 Å². The molecule has 1 aliphatic carbocycles. The normalized spacial score (nSPS) is 23.1. The SMILES string of the molecule is CO[C@@H]1CCC[C@H](Nc2ccc([N+](=O)[O-])cc2)C1=O. The Labute approximate surface area is 110 Å². The third-order valence-corrected chi connectivity index (χ3v) is 3.32. The Bertz CT molecular complexity index is 472. The molecule has 1 aromatic carbocycles. The summed E-state index contributed by atoms with van der Waals surface area (Å²) < 4.78 is 5.14. The number of carbonyl (C=O) groups is 1. The number of carbonyl (C=O) groups excluding carboxylic acids is 1. The molecule has 0 saturated heterocycles. The van der Waals surface area contributed by atoms with Crippen molar-refractivity contribution in [2.75, 3.05) is 12.4 Å². The van der Waals surface area contributed by atoms with Gasteiger partial charge in [0.2, 0.25) is 0 Å². The molecule has 6 heteroatoms. The van der Waals surface area contributed by atoms with Crippen LogP contribution >= 0.6 is 0 Å². The molecule has 0 heterocycles. The van der Waals surface area contributed by atoms with Crippen LogP contribution in [0.5, 0.6) is 0 Å². The molecule has 1 saturated carbocycles. The van der Waals surface area contributed by atoms with Gasteiger partial charge >= 0.3 is 0 Å². The predicted molar refractivity (Wildman–Crippen MR) is 70.2 cm³/mol. The number of nitro benzene ring substituents is 1. The van der Waals surface area contributed by atoms with E-state index in [2.05, 4.69) is 5.32 Å². The zero-order valence-electron chi connectivity index (χ0n) is 10.7. The average molecular weight is 264 g/mol. The van der Waals surface area contributed by atoms with Crippen molar-refractivity contribution in [3.8, 4) is 0 Å². The predicted octanol–water partition coefficient (Wildman–Crippen LogP) is 2.14. The van der Waals surface area contributed by atoms with Crippen molar-refractivity contribution in [1.29, 1.82) is 0 Å². The molecule has 2 atom stereocenters. The Morgan fingerprint density at radius 3 is 2.58 bits per heavy atom. The summed E-state index contributed by atoms with van der Waals surface area (Å²) in [5.74, 6) is 0.0482. The molecule has 0 aromatic heterocycles. The van der Waals surface area contributed by atoms with Crippen molar-refractivity contribution in [2.45, 2.75) is 31.4 Å². The van der Waals surface area contributed by atoms with Crippen molar-refractivity contribution < 1.29 is 14.5 Å². The first-order chi connectivity index (χ1) is 9.11. The fourth-order valence-electron chi connectivity index (χ4n) is 2.27. The van der Waals surface area contributed by atoms with E-state index in [9.17, 15) is 14.9 Å². The van der Waals surface area contributed by atoms with Crippen LogP contribution in [0.15, 0.2) is 24.3 Å². The summed E-state index contributed by atoms with van der Waals surface area (Å²) in [7, 11) is 1.54. The maximum absolute atomic E-state index is 12.0. The lowest BCUT2D eigenvalue weighted by atomic mass is 9.91. The molecule has 0 radical (unpaired) electrons. The highest BCUT2D eigenvalue weighted by atomic mass is 16.6. The van der Waals surface area contributed by atoms with Gasteiger partial charge in [-0.25, -0.2) is 0 Å². The van der Waals surface area contributed by atoms with Gasteiger partial charge in [0.25, 0.3) is 5.69 Å². The second kappa shape index (κ2) is 5.79. The number of nitrogens with one attached hydrogen (secondary N) is 1. The van der Waals surface area contributed by atoms with Crippen molar-refractivity contribution in [3.05, 3.63) is 34.4 Å². The summed E-state index contributed by atoms with van der Waals surface area (Å²) in [6.07, 6.45) is 2.10. The maximum atomic E-state index is 12.0. The molecule has 1 aromatic rings. The summed E-state index contributed by atoms with van der Waals surface area (Å²) in [6, 6.07) is 5.79. The first kappa shape index (κ1) is 13.5. The minimum Gasteiger partial charge on any atom is -0.375 e. The second-order valence-electron chi connectivity index (χ2n) is 4.56. The molecule has 1 N–H and O–H groups in total. The van der Waals surface area contributed by atoms with E-state index in [0.29, 0.717) is 5.69 Å². The number of Topliss-reactive ketones (excluding diaryl/α,β-unsaturated/α-hetero) is 1. The number of ketones is 1. The number of rotatable bonds is 4. The largest absolute Gasteiger partial charge is 0.375 e. The summed E-state index contributed by atoms with van der Waals surface area (Å²) >= 11 is 0. The number of nitro groups is 1. The Hall–Kier alpha value is -1.95. The third kappa shape index (κ3) is 3.08. The summed E-state index contributed by atoms with van der Waals surface area (Å²) in [5, 5.41) is 13.7. The highest BCUT2D eigenvalue weighted by molar-refractivity contribution is 5.91. The van der Waals surface area contributed by atoms with Gasteiger partial charge < -0.3 is 10.1 Å². The van der Waals surface area contributed by atoms with E-state index in [1.54, 1.807) is 12.1 Å². The quantitative estimate of drug-likeness (QED) is 0.665. The Morgan fingerprint density at radius 1 is 1.32 bits per heavy atom. The van der Waals surface area contributed by atoms with Gasteiger partial charge in [-0.3, -0.25) is 14.9 Å². The first-order valence-electron chi connectivity index (χ1n) is 6.19. The number of non-ortho nitro benzene ring substituents is 1. The van der Waals surface area contributed by atoms with E-state index >= 15 is 0 Å². The van der Waals surface area contributed by atoms with Gasteiger partial charge in [-0.05, 0) is 31.4 Å². The van der Waals surface area contributed by atoms with Gasteiger partial charge in [0, 0.05) is 24.9 Å². The van der Waals surface area contributed by atoms with Gasteiger partial charge in [-0.1, -0.05) is 0 Å². The van der Waals surface area contributed by atoms with Crippen LogP contribution in [0.4, 0.5) is 11.4 Å². The van der Waals surface area contributed by atoms with Crippen molar-refractivity contribution in [2.24, 2.45) is 0 Å². The number of benzene rings is 1. The van der Waals surface area contributed by atoms with Crippen LogP contribution in [0.2, 0.25) is 0 Å². The fraction of sp³-hybridized carbons (Fsp3) is 0.462. The molecule has 2 rings (SSSR count). The van der Waals surface area contributed by atoms with E-state index in [-0.39, 0.29) is 23.6 Å². The van der Waals surface area contributed by atoms with E-state index in [4.69, 9.17) is 4.74 Å². The first-order valence-corrected chi connectivity index (χ1v) is 6.19. The lowest BCUT2D eigenvalue weighted by molar-refractivity contribution is -0.384. The second-order valence-corrected chi connectivity index (χ2v) is 4.56. The molecular formula is C13H16N2O4. The molecule has 1 aliphatic rings. The van der Waals surface area contributed by atoms with Crippen LogP contribution < -0.4 is 5.32 Å². The van der Waals surface area contributed by atoms with Crippen molar-refractivity contribution in [1.82, 2.24) is 0 Å². The average Bonchev–Trinajstić information content (AvgIpc) is 2.42. The highest BCUT2D eigenvalue weighted by Crippen LogP contribution is 2.22. The summed E-state index contributed by atoms with van der Waals surface area (Å²) in [5.41, 5.74) is 0.746. The Morgan fingerprint density at radius 2 is 2.00 bits per heavy atom. The minimum atomic E-state index is -0.448. The molecule has 0 spiro atoms. The molecule has 0 amide bonds. The van der Waals surface area contributed by atoms with Crippen LogP contribution in [-0.4, -0.2) is 30.0 Å². The van der Waals surface area contributed by atoms with E-state index in [0.717, 1.165) is 19.3 Å². The monoisotopic (exact) mass is 264 g/mol. The Balaban J connectivity index is 2.04. The third-order valence-electron chi connectivity index (χ3n) is 3.32. The highest BCUT2D eigenvalue weighted by Gasteiger charge is 2.30. The summed E-state index contributed by atoms with van der Waals surface area (Å²) in [4.78, 5) is 22.1. The van der Waals surface area contributed by atoms with Crippen molar-refractivity contribution >= 4 is 17.2 Å². The van der Waals surface area contributed by atoms with Gasteiger partial charge in [-0.2, -0.15) is 0 Å². The van der Waals surface area contributed by atoms with Crippen LogP contribution in [0.3, 0.4) is 0 Å². The maximum Gasteiger partial charge on any atom is 0.269 e. The lowest BCUT2D eigenvalue weighted by Gasteiger charge is -2.28. The fourth-order valence-corrected chi connectivity index (χ4v) is 2.27. The minimum absolute atomic E-state index is 0.0373. The van der Waals surface area contributed by atoms with Crippen LogP contribution in [0, 0.1) is 10.1 Å². The van der Waals surface area contributed by atoms with Gasteiger partial charge in [0.05, 0.1) is 11.0 Å². The molecule has 0 unspecified atom stereocenters. The molecular weight excluding hydrogens is 248 g/mol. The number of hydrogen-bond donors (Lipinski definition) is 1. The molecule has 102 valence electrons. The zero-order valence-corrected chi connectivity index (χ0v) is 10.7. The molecule has 1 fully saturated rings. The van der Waals surface area contributed by atoms with Gasteiger partial charge in [0.15, 0.2) is 5.78 Å². The zero-order chi connectivity index (χ0) is 13.8. The lowest BCUT2D eigenvalue weighted by Crippen LogP contribution is -2.42. The van der Waals surface area contributed by atoms with E-state index in [1.807, 2.05) is 0 Å². The number of nitrogens with zero attached hydrogens (tertiary/aromatic N) is 1. The molecule has 19 heavy (non-hydrogen) atoms.